The average molecular weight is 283 g/mol. The van der Waals surface area contributed by atoms with Gasteiger partial charge in [-0.15, -0.1) is 0 Å². The van der Waals surface area contributed by atoms with E-state index in [4.69, 9.17) is 4.74 Å². The summed E-state index contributed by atoms with van der Waals surface area (Å²) in [6.07, 6.45) is 7.38. The first-order valence-electron chi connectivity index (χ1n) is 8.28. The summed E-state index contributed by atoms with van der Waals surface area (Å²) < 4.78 is 5.27. The summed E-state index contributed by atoms with van der Waals surface area (Å²) in [5.41, 5.74) is 0.301. The smallest absolute Gasteiger partial charge is 0.309 e. The standard InChI is InChI=1S/C11H20O2.C6H13N/c1-5-11(3,4)7-9-6-8(2)10(12)13-9;1-6-4-2-3-5-7-6/h8-9H,5-7H2,1-4H3;6-7H,2-5H2,1H3. The second-order valence-corrected chi connectivity index (χ2v) is 7.27. The van der Waals surface area contributed by atoms with Crippen LogP contribution >= 0.6 is 0 Å². The Hall–Kier alpha value is -0.570. The number of rotatable bonds is 3. The van der Waals surface area contributed by atoms with E-state index in [9.17, 15) is 4.79 Å². The quantitative estimate of drug-likeness (QED) is 0.798. The molecule has 0 saturated carbocycles. The van der Waals surface area contributed by atoms with Gasteiger partial charge in [0.05, 0.1) is 5.92 Å². The van der Waals surface area contributed by atoms with Gasteiger partial charge in [0.15, 0.2) is 0 Å². The van der Waals surface area contributed by atoms with E-state index in [0.29, 0.717) is 5.41 Å². The van der Waals surface area contributed by atoms with Crippen LogP contribution < -0.4 is 5.32 Å². The van der Waals surface area contributed by atoms with Crippen molar-refractivity contribution in [2.75, 3.05) is 6.54 Å². The lowest BCUT2D eigenvalue weighted by Gasteiger charge is -2.25. The topological polar surface area (TPSA) is 38.3 Å². The molecule has 0 aromatic carbocycles. The summed E-state index contributed by atoms with van der Waals surface area (Å²) >= 11 is 0. The lowest BCUT2D eigenvalue weighted by atomic mass is 9.83. The van der Waals surface area contributed by atoms with Gasteiger partial charge >= 0.3 is 5.97 Å². The van der Waals surface area contributed by atoms with E-state index in [2.05, 4.69) is 33.0 Å². The van der Waals surface area contributed by atoms with Crippen molar-refractivity contribution in [1.29, 1.82) is 0 Å². The summed E-state index contributed by atoms with van der Waals surface area (Å²) in [6, 6.07) is 0.786. The first kappa shape index (κ1) is 17.5. The lowest BCUT2D eigenvalue weighted by molar-refractivity contribution is -0.144. The summed E-state index contributed by atoms with van der Waals surface area (Å²) in [5.74, 6) is 0.0922. The number of cyclic esters (lactones) is 1. The monoisotopic (exact) mass is 283 g/mol. The number of nitrogens with one attached hydrogen (secondary N) is 1. The number of ether oxygens (including phenoxy) is 1. The zero-order valence-electron chi connectivity index (χ0n) is 14.0. The molecule has 0 radical (unpaired) electrons. The van der Waals surface area contributed by atoms with Gasteiger partial charge in [-0.2, -0.15) is 0 Å². The maximum atomic E-state index is 11.1. The van der Waals surface area contributed by atoms with Gasteiger partial charge in [-0.25, -0.2) is 0 Å². The molecule has 0 bridgehead atoms. The first-order valence-corrected chi connectivity index (χ1v) is 8.28. The fourth-order valence-electron chi connectivity index (χ4n) is 2.73. The molecule has 2 fully saturated rings. The number of hydrogen-bond donors (Lipinski definition) is 1. The zero-order chi connectivity index (χ0) is 15.2. The minimum absolute atomic E-state index is 0.0168. The molecular weight excluding hydrogens is 250 g/mol. The van der Waals surface area contributed by atoms with Crippen molar-refractivity contribution in [3.8, 4) is 0 Å². The largest absolute Gasteiger partial charge is 0.462 e. The number of carbonyl (C=O) groups excluding carboxylic acids is 1. The van der Waals surface area contributed by atoms with Gasteiger partial charge < -0.3 is 10.1 Å². The van der Waals surface area contributed by atoms with Gasteiger partial charge in [0.2, 0.25) is 0 Å². The fourth-order valence-corrected chi connectivity index (χ4v) is 2.73. The predicted molar refractivity (Wildman–Crippen MR) is 83.7 cm³/mol. The van der Waals surface area contributed by atoms with Gasteiger partial charge in [-0.1, -0.05) is 40.5 Å². The second kappa shape index (κ2) is 8.02. The van der Waals surface area contributed by atoms with Crippen LogP contribution in [0.2, 0.25) is 0 Å². The maximum Gasteiger partial charge on any atom is 0.309 e. The van der Waals surface area contributed by atoms with Crippen molar-refractivity contribution in [3.63, 3.8) is 0 Å². The van der Waals surface area contributed by atoms with Crippen molar-refractivity contribution in [2.45, 2.75) is 85.3 Å². The third-order valence-corrected chi connectivity index (χ3v) is 4.60. The highest BCUT2D eigenvalue weighted by atomic mass is 16.5. The minimum Gasteiger partial charge on any atom is -0.462 e. The molecule has 0 amide bonds. The second-order valence-electron chi connectivity index (χ2n) is 7.27. The molecule has 2 rings (SSSR count). The van der Waals surface area contributed by atoms with Gasteiger partial charge in [0.25, 0.3) is 0 Å². The van der Waals surface area contributed by atoms with E-state index >= 15 is 0 Å². The average Bonchev–Trinajstić information content (AvgIpc) is 2.69. The zero-order valence-corrected chi connectivity index (χ0v) is 14.0. The van der Waals surface area contributed by atoms with Crippen LogP contribution in [-0.4, -0.2) is 24.7 Å². The lowest BCUT2D eigenvalue weighted by Crippen LogP contribution is -2.30. The Kier molecular flexibility index (Phi) is 7.01. The molecule has 3 atom stereocenters. The summed E-state index contributed by atoms with van der Waals surface area (Å²) in [4.78, 5) is 11.1. The van der Waals surface area contributed by atoms with Crippen LogP contribution in [0.3, 0.4) is 0 Å². The van der Waals surface area contributed by atoms with Gasteiger partial charge in [-0.05, 0) is 44.6 Å². The molecule has 3 unspecified atom stereocenters. The minimum atomic E-state index is -0.0168. The summed E-state index contributed by atoms with van der Waals surface area (Å²) in [5, 5.41) is 3.38. The SMILES string of the molecule is CC1CCCCN1.CCC(C)(C)CC1CC(C)C(=O)O1. The van der Waals surface area contributed by atoms with Crippen LogP contribution in [-0.2, 0) is 9.53 Å². The first-order chi connectivity index (χ1) is 9.34. The molecule has 1 N–H and O–H groups in total. The fraction of sp³-hybridized carbons (Fsp3) is 0.941. The van der Waals surface area contributed by atoms with E-state index in [1.165, 1.54) is 25.8 Å². The Bertz CT molecular complexity index is 295. The number of piperidine rings is 1. The van der Waals surface area contributed by atoms with E-state index < -0.39 is 0 Å². The maximum absolute atomic E-state index is 11.1. The van der Waals surface area contributed by atoms with Crippen LogP contribution in [0.5, 0.6) is 0 Å². The molecule has 0 aliphatic carbocycles. The van der Waals surface area contributed by atoms with E-state index in [-0.39, 0.29) is 18.0 Å². The predicted octanol–water partition coefficient (Wildman–Crippen LogP) is 3.91. The Labute approximate surface area is 124 Å². The molecule has 0 aromatic rings. The highest BCUT2D eigenvalue weighted by Gasteiger charge is 2.34. The molecule has 2 aliphatic rings. The molecule has 2 aliphatic heterocycles. The molecule has 2 saturated heterocycles. The molecule has 0 aromatic heterocycles. The van der Waals surface area contributed by atoms with Gasteiger partial charge in [-0.3, -0.25) is 4.79 Å². The summed E-state index contributed by atoms with van der Waals surface area (Å²) in [7, 11) is 0. The van der Waals surface area contributed by atoms with Crippen LogP contribution in [0.1, 0.15) is 73.1 Å². The third-order valence-electron chi connectivity index (χ3n) is 4.60. The Morgan fingerprint density at radius 1 is 1.30 bits per heavy atom. The summed E-state index contributed by atoms with van der Waals surface area (Å²) in [6.45, 7) is 12.1. The van der Waals surface area contributed by atoms with Crippen molar-refractivity contribution < 1.29 is 9.53 Å². The molecule has 3 nitrogen and oxygen atoms in total. The number of esters is 1. The molecule has 20 heavy (non-hydrogen) atoms. The van der Waals surface area contributed by atoms with Crippen molar-refractivity contribution in [3.05, 3.63) is 0 Å². The molecule has 2 heterocycles. The Balaban J connectivity index is 0.000000240. The number of carbonyl (C=O) groups is 1. The van der Waals surface area contributed by atoms with Crippen molar-refractivity contribution >= 4 is 5.97 Å². The van der Waals surface area contributed by atoms with Gasteiger partial charge in [0.1, 0.15) is 6.10 Å². The highest BCUT2D eigenvalue weighted by molar-refractivity contribution is 5.74. The highest BCUT2D eigenvalue weighted by Crippen LogP contribution is 2.33. The van der Waals surface area contributed by atoms with E-state index in [1.807, 2.05) is 6.92 Å². The normalized spacial score (nSPS) is 30.4. The van der Waals surface area contributed by atoms with Crippen LogP contribution in [0, 0.1) is 11.3 Å². The van der Waals surface area contributed by atoms with Crippen LogP contribution in [0.25, 0.3) is 0 Å². The van der Waals surface area contributed by atoms with Crippen LogP contribution in [0.15, 0.2) is 0 Å². The van der Waals surface area contributed by atoms with Crippen LogP contribution in [0.4, 0.5) is 0 Å². The molecular formula is C17H33NO2. The third kappa shape index (κ3) is 6.25. The van der Waals surface area contributed by atoms with E-state index in [1.54, 1.807) is 0 Å². The van der Waals surface area contributed by atoms with Crippen molar-refractivity contribution in [2.24, 2.45) is 11.3 Å². The van der Waals surface area contributed by atoms with Crippen molar-refractivity contribution in [1.82, 2.24) is 5.32 Å². The Morgan fingerprint density at radius 2 is 2.00 bits per heavy atom. The molecule has 118 valence electrons. The molecule has 3 heteroatoms. The molecule has 0 spiro atoms. The van der Waals surface area contributed by atoms with E-state index in [0.717, 1.165) is 25.3 Å². The van der Waals surface area contributed by atoms with Gasteiger partial charge in [0, 0.05) is 6.04 Å². The number of hydrogen-bond acceptors (Lipinski definition) is 3. The Morgan fingerprint density at radius 3 is 2.35 bits per heavy atom.